The average Bonchev–Trinajstić information content (AvgIpc) is 2.70. The third kappa shape index (κ3) is 5.33. The molecule has 2 aromatic carbocycles. The zero-order valence-corrected chi connectivity index (χ0v) is 15.3. The Morgan fingerprint density at radius 1 is 0.963 bits per heavy atom. The van der Waals surface area contributed by atoms with Gasteiger partial charge in [-0.3, -0.25) is 9.59 Å². The third-order valence-corrected chi connectivity index (χ3v) is 5.04. The summed E-state index contributed by atoms with van der Waals surface area (Å²) in [4.78, 5) is 23.9. The number of aliphatic carboxylic acids is 1. The Bertz CT molecular complexity index is 758. The first kappa shape index (κ1) is 19.0. The topological polar surface area (TPSA) is 75.6 Å². The van der Waals surface area contributed by atoms with Gasteiger partial charge in [-0.05, 0) is 42.7 Å². The smallest absolute Gasteiger partial charge is 0.307 e. The summed E-state index contributed by atoms with van der Waals surface area (Å²) in [5.41, 5.74) is 1.88. The van der Waals surface area contributed by atoms with Gasteiger partial charge >= 0.3 is 5.97 Å². The molecule has 0 spiro atoms. The van der Waals surface area contributed by atoms with E-state index in [-0.39, 0.29) is 5.91 Å². The van der Waals surface area contributed by atoms with Crippen LogP contribution in [0.2, 0.25) is 0 Å². The first-order valence-corrected chi connectivity index (χ1v) is 9.44. The van der Waals surface area contributed by atoms with Gasteiger partial charge in [-0.1, -0.05) is 43.2 Å². The fourth-order valence-electron chi connectivity index (χ4n) is 3.54. The van der Waals surface area contributed by atoms with Crippen molar-refractivity contribution in [1.82, 2.24) is 0 Å². The predicted octanol–water partition coefficient (Wildman–Crippen LogP) is 4.14. The van der Waals surface area contributed by atoms with E-state index in [1.54, 1.807) is 12.1 Å². The van der Waals surface area contributed by atoms with Crippen molar-refractivity contribution < 1.29 is 19.4 Å². The first-order chi connectivity index (χ1) is 13.1. The van der Waals surface area contributed by atoms with Crippen LogP contribution in [0.5, 0.6) is 5.75 Å². The van der Waals surface area contributed by atoms with Crippen molar-refractivity contribution >= 4 is 17.6 Å². The molecule has 0 bridgehead atoms. The zero-order valence-electron chi connectivity index (χ0n) is 15.3. The van der Waals surface area contributed by atoms with Crippen LogP contribution in [0.1, 0.15) is 31.2 Å². The van der Waals surface area contributed by atoms with Crippen molar-refractivity contribution in [3.63, 3.8) is 0 Å². The Morgan fingerprint density at radius 3 is 2.30 bits per heavy atom. The minimum atomic E-state index is -0.878. The quantitative estimate of drug-likeness (QED) is 0.771. The number of carboxylic acid groups (broad SMARTS) is 1. The Morgan fingerprint density at radius 2 is 1.63 bits per heavy atom. The van der Waals surface area contributed by atoms with Crippen molar-refractivity contribution in [1.29, 1.82) is 0 Å². The number of benzene rings is 2. The van der Waals surface area contributed by atoms with E-state index in [0.717, 1.165) is 25.0 Å². The second kappa shape index (κ2) is 9.21. The summed E-state index contributed by atoms with van der Waals surface area (Å²) in [5, 5.41) is 12.2. The Hall–Kier alpha value is -2.82. The van der Waals surface area contributed by atoms with Crippen LogP contribution in [0.25, 0.3) is 0 Å². The number of anilines is 1. The molecule has 0 aromatic heterocycles. The van der Waals surface area contributed by atoms with E-state index < -0.39 is 17.8 Å². The van der Waals surface area contributed by atoms with E-state index in [1.807, 2.05) is 30.3 Å². The molecule has 2 atom stereocenters. The number of ether oxygens (including phenoxy) is 1. The summed E-state index contributed by atoms with van der Waals surface area (Å²) in [6.45, 7) is 0.581. The zero-order chi connectivity index (χ0) is 19.1. The monoisotopic (exact) mass is 367 g/mol. The Labute approximate surface area is 159 Å². The van der Waals surface area contributed by atoms with Crippen LogP contribution in [0.4, 0.5) is 5.69 Å². The second-order valence-corrected chi connectivity index (χ2v) is 6.93. The maximum absolute atomic E-state index is 12.5. The van der Waals surface area contributed by atoms with Crippen molar-refractivity contribution in [2.75, 3.05) is 11.9 Å². The molecule has 0 saturated heterocycles. The minimum Gasteiger partial charge on any atom is -0.493 e. The fraction of sp³-hybridized carbons (Fsp3) is 0.364. The van der Waals surface area contributed by atoms with Crippen LogP contribution < -0.4 is 10.1 Å². The van der Waals surface area contributed by atoms with Gasteiger partial charge in [-0.15, -0.1) is 0 Å². The molecule has 2 N–H and O–H groups in total. The van der Waals surface area contributed by atoms with Gasteiger partial charge in [0.2, 0.25) is 5.91 Å². The molecule has 1 aliphatic rings. The number of rotatable bonds is 7. The molecule has 1 aliphatic carbocycles. The highest BCUT2D eigenvalue weighted by atomic mass is 16.5. The van der Waals surface area contributed by atoms with Gasteiger partial charge in [0.15, 0.2) is 0 Å². The van der Waals surface area contributed by atoms with E-state index in [9.17, 15) is 14.7 Å². The molecule has 3 rings (SSSR count). The highest BCUT2D eigenvalue weighted by Gasteiger charge is 2.35. The lowest BCUT2D eigenvalue weighted by molar-refractivity contribution is -0.147. The Balaban J connectivity index is 1.51. The molecule has 0 aliphatic heterocycles. The number of hydrogen-bond donors (Lipinski definition) is 2. The lowest BCUT2D eigenvalue weighted by Crippen LogP contribution is -2.36. The summed E-state index contributed by atoms with van der Waals surface area (Å²) in [5.74, 6) is -1.39. The van der Waals surface area contributed by atoms with Crippen LogP contribution in [-0.4, -0.2) is 23.6 Å². The molecular weight excluding hydrogens is 342 g/mol. The summed E-state index contributed by atoms with van der Waals surface area (Å²) in [7, 11) is 0. The number of amides is 1. The van der Waals surface area contributed by atoms with Crippen molar-refractivity contribution in [2.45, 2.75) is 32.1 Å². The minimum absolute atomic E-state index is 0.208. The van der Waals surface area contributed by atoms with E-state index in [0.29, 0.717) is 25.1 Å². The molecule has 1 saturated carbocycles. The normalized spacial score (nSPS) is 19.3. The molecule has 5 nitrogen and oxygen atoms in total. The lowest BCUT2D eigenvalue weighted by Gasteiger charge is -2.27. The SMILES string of the molecule is O=C(Nc1ccc(OCCc2ccccc2)cc1)[C@H]1CCCC[C@H]1C(=O)O. The van der Waals surface area contributed by atoms with Crippen LogP contribution in [0.15, 0.2) is 54.6 Å². The average molecular weight is 367 g/mol. The summed E-state index contributed by atoms with van der Waals surface area (Å²) in [6.07, 6.45) is 3.80. The van der Waals surface area contributed by atoms with Gasteiger partial charge in [-0.2, -0.15) is 0 Å². The molecule has 5 heteroatoms. The van der Waals surface area contributed by atoms with Gasteiger partial charge < -0.3 is 15.2 Å². The fourth-order valence-corrected chi connectivity index (χ4v) is 3.54. The molecule has 0 heterocycles. The number of carboxylic acids is 1. The van der Waals surface area contributed by atoms with Crippen molar-refractivity contribution in [2.24, 2.45) is 11.8 Å². The van der Waals surface area contributed by atoms with E-state index in [4.69, 9.17) is 4.74 Å². The lowest BCUT2D eigenvalue weighted by atomic mass is 9.78. The molecule has 1 amide bonds. The molecular formula is C22H25NO4. The molecule has 1 fully saturated rings. The maximum Gasteiger partial charge on any atom is 0.307 e. The first-order valence-electron chi connectivity index (χ1n) is 9.44. The third-order valence-electron chi connectivity index (χ3n) is 5.04. The van der Waals surface area contributed by atoms with Crippen molar-refractivity contribution in [3.8, 4) is 5.75 Å². The van der Waals surface area contributed by atoms with E-state index >= 15 is 0 Å². The highest BCUT2D eigenvalue weighted by molar-refractivity contribution is 5.95. The van der Waals surface area contributed by atoms with Gasteiger partial charge in [0.05, 0.1) is 18.4 Å². The van der Waals surface area contributed by atoms with E-state index in [2.05, 4.69) is 17.4 Å². The van der Waals surface area contributed by atoms with Crippen molar-refractivity contribution in [3.05, 3.63) is 60.2 Å². The Kier molecular flexibility index (Phi) is 6.47. The van der Waals surface area contributed by atoms with Crippen LogP contribution in [-0.2, 0) is 16.0 Å². The van der Waals surface area contributed by atoms with Gasteiger partial charge in [-0.25, -0.2) is 0 Å². The van der Waals surface area contributed by atoms with Crippen LogP contribution in [0, 0.1) is 11.8 Å². The molecule has 142 valence electrons. The number of carbonyl (C=O) groups is 2. The van der Waals surface area contributed by atoms with E-state index in [1.165, 1.54) is 5.56 Å². The van der Waals surface area contributed by atoms with Gasteiger partial charge in [0.1, 0.15) is 5.75 Å². The number of nitrogens with one attached hydrogen (secondary N) is 1. The molecule has 0 unspecified atom stereocenters. The number of hydrogen-bond acceptors (Lipinski definition) is 3. The van der Waals surface area contributed by atoms with Gasteiger partial charge in [0.25, 0.3) is 0 Å². The highest BCUT2D eigenvalue weighted by Crippen LogP contribution is 2.31. The maximum atomic E-state index is 12.5. The summed E-state index contributed by atoms with van der Waals surface area (Å²) < 4.78 is 5.74. The van der Waals surface area contributed by atoms with Gasteiger partial charge in [0, 0.05) is 12.1 Å². The summed E-state index contributed by atoms with van der Waals surface area (Å²) >= 11 is 0. The number of carbonyl (C=O) groups excluding carboxylic acids is 1. The summed E-state index contributed by atoms with van der Waals surface area (Å²) in [6, 6.07) is 17.3. The largest absolute Gasteiger partial charge is 0.493 e. The molecule has 0 radical (unpaired) electrons. The standard InChI is InChI=1S/C22H25NO4/c24-21(19-8-4-5-9-20(19)22(25)26)23-17-10-12-18(13-11-17)27-15-14-16-6-2-1-3-7-16/h1-3,6-7,10-13,19-20H,4-5,8-9,14-15H2,(H,23,24)(H,25,26)/t19-,20+/m0/s1. The molecule has 2 aromatic rings. The molecule has 27 heavy (non-hydrogen) atoms. The predicted molar refractivity (Wildman–Crippen MR) is 104 cm³/mol. The second-order valence-electron chi connectivity index (χ2n) is 6.93. The van der Waals surface area contributed by atoms with Crippen LogP contribution in [0.3, 0.4) is 0 Å². The van der Waals surface area contributed by atoms with Crippen LogP contribution >= 0.6 is 0 Å².